The van der Waals surface area contributed by atoms with E-state index in [2.05, 4.69) is 15.2 Å². The van der Waals surface area contributed by atoms with Gasteiger partial charge in [-0.25, -0.2) is 0 Å². The molecule has 7 nitrogen and oxygen atoms in total. The van der Waals surface area contributed by atoms with E-state index in [9.17, 15) is 4.79 Å². The Morgan fingerprint density at radius 3 is 2.96 bits per heavy atom. The van der Waals surface area contributed by atoms with Crippen molar-refractivity contribution in [3.63, 3.8) is 0 Å². The second-order valence-corrected chi connectivity index (χ2v) is 6.57. The van der Waals surface area contributed by atoms with Gasteiger partial charge >= 0.3 is 0 Å². The molecule has 24 heavy (non-hydrogen) atoms. The minimum absolute atomic E-state index is 0.222. The van der Waals surface area contributed by atoms with Crippen molar-refractivity contribution >= 4 is 5.91 Å². The van der Waals surface area contributed by atoms with Crippen LogP contribution in [0.4, 0.5) is 0 Å². The minimum atomic E-state index is 0.222. The minimum Gasteiger partial charge on any atom is -0.339 e. The molecule has 7 heteroatoms. The zero-order valence-corrected chi connectivity index (χ0v) is 14.4. The van der Waals surface area contributed by atoms with Crippen molar-refractivity contribution in [2.75, 3.05) is 6.54 Å². The lowest BCUT2D eigenvalue weighted by Crippen LogP contribution is -2.45. The number of likely N-dealkylation sites (tertiary alicyclic amines) is 1. The van der Waals surface area contributed by atoms with Gasteiger partial charge in [-0.1, -0.05) is 5.16 Å². The fraction of sp³-hybridized carbons (Fsp3) is 0.647. The third-order valence-electron chi connectivity index (χ3n) is 4.46. The van der Waals surface area contributed by atoms with Crippen LogP contribution in [0.25, 0.3) is 0 Å². The summed E-state index contributed by atoms with van der Waals surface area (Å²) in [5.74, 6) is 1.48. The Kier molecular flexibility index (Phi) is 5.27. The van der Waals surface area contributed by atoms with Crippen molar-refractivity contribution in [2.24, 2.45) is 0 Å². The van der Waals surface area contributed by atoms with E-state index >= 15 is 0 Å². The van der Waals surface area contributed by atoms with Crippen molar-refractivity contribution in [1.29, 1.82) is 0 Å². The van der Waals surface area contributed by atoms with E-state index in [4.69, 9.17) is 4.52 Å². The van der Waals surface area contributed by atoms with E-state index in [1.54, 1.807) is 6.92 Å². The van der Waals surface area contributed by atoms with Crippen molar-refractivity contribution < 1.29 is 9.32 Å². The molecule has 1 fully saturated rings. The van der Waals surface area contributed by atoms with Gasteiger partial charge in [-0.05, 0) is 45.1 Å². The van der Waals surface area contributed by atoms with Gasteiger partial charge in [0, 0.05) is 25.6 Å². The molecule has 1 aliphatic heterocycles. The number of hydrogen-bond donors (Lipinski definition) is 0. The quantitative estimate of drug-likeness (QED) is 0.811. The van der Waals surface area contributed by atoms with Crippen LogP contribution in [0, 0.1) is 13.8 Å². The Morgan fingerprint density at radius 2 is 2.25 bits per heavy atom. The van der Waals surface area contributed by atoms with Crippen LogP contribution in [0.1, 0.15) is 49.4 Å². The number of aryl methyl sites for hydroxylation is 3. The molecule has 0 aliphatic carbocycles. The van der Waals surface area contributed by atoms with Crippen LogP contribution >= 0.6 is 0 Å². The van der Waals surface area contributed by atoms with E-state index in [-0.39, 0.29) is 11.9 Å². The van der Waals surface area contributed by atoms with E-state index in [1.165, 1.54) is 6.42 Å². The number of piperidine rings is 1. The van der Waals surface area contributed by atoms with E-state index in [0.29, 0.717) is 24.6 Å². The Morgan fingerprint density at radius 1 is 1.38 bits per heavy atom. The van der Waals surface area contributed by atoms with Gasteiger partial charge in [-0.2, -0.15) is 10.1 Å². The molecule has 3 rings (SSSR count). The van der Waals surface area contributed by atoms with Crippen LogP contribution in [0.15, 0.2) is 16.9 Å². The maximum absolute atomic E-state index is 12.6. The summed E-state index contributed by atoms with van der Waals surface area (Å²) < 4.78 is 7.05. The molecule has 0 saturated carbocycles. The van der Waals surface area contributed by atoms with Gasteiger partial charge in [-0.15, -0.1) is 0 Å². The van der Waals surface area contributed by atoms with Gasteiger partial charge in [-0.3, -0.25) is 9.48 Å². The highest BCUT2D eigenvalue weighted by Gasteiger charge is 2.26. The van der Waals surface area contributed by atoms with Crippen LogP contribution in [0.2, 0.25) is 0 Å². The number of nitrogens with zero attached hydrogens (tertiary/aromatic N) is 5. The summed E-state index contributed by atoms with van der Waals surface area (Å²) in [7, 11) is 0. The van der Waals surface area contributed by atoms with Crippen molar-refractivity contribution in [2.45, 2.75) is 65.0 Å². The van der Waals surface area contributed by atoms with Crippen LogP contribution in [-0.4, -0.2) is 43.3 Å². The largest absolute Gasteiger partial charge is 0.339 e. The van der Waals surface area contributed by atoms with Crippen molar-refractivity contribution in [3.05, 3.63) is 29.7 Å². The predicted octanol–water partition coefficient (Wildman–Crippen LogP) is 2.29. The molecule has 2 aromatic rings. The first-order valence-electron chi connectivity index (χ1n) is 8.69. The predicted molar refractivity (Wildman–Crippen MR) is 88.3 cm³/mol. The monoisotopic (exact) mass is 331 g/mol. The first-order chi connectivity index (χ1) is 11.6. The van der Waals surface area contributed by atoms with Crippen LogP contribution in [-0.2, 0) is 17.8 Å². The van der Waals surface area contributed by atoms with Crippen LogP contribution < -0.4 is 0 Å². The molecule has 0 radical (unpaired) electrons. The molecule has 1 atom stereocenters. The summed E-state index contributed by atoms with van der Waals surface area (Å²) in [5.41, 5.74) is 1.15. The summed E-state index contributed by atoms with van der Waals surface area (Å²) in [6, 6.07) is 0.246. The summed E-state index contributed by atoms with van der Waals surface area (Å²) in [5, 5.41) is 8.13. The van der Waals surface area contributed by atoms with Crippen molar-refractivity contribution in [1.82, 2.24) is 24.8 Å². The zero-order chi connectivity index (χ0) is 16.9. The molecule has 1 amide bonds. The van der Waals surface area contributed by atoms with Gasteiger partial charge in [0.05, 0.1) is 18.8 Å². The smallest absolute Gasteiger partial charge is 0.226 e. The topological polar surface area (TPSA) is 77.1 Å². The molecule has 130 valence electrons. The lowest BCUT2D eigenvalue weighted by molar-refractivity contribution is -0.135. The molecule has 0 spiro atoms. The molecule has 2 aromatic heterocycles. The number of hydrogen-bond acceptors (Lipinski definition) is 5. The Hall–Kier alpha value is -2.18. The van der Waals surface area contributed by atoms with E-state index in [1.807, 2.05) is 28.9 Å². The van der Waals surface area contributed by atoms with Crippen LogP contribution in [0.5, 0.6) is 0 Å². The Balaban J connectivity index is 1.52. The molecule has 0 unspecified atom stereocenters. The molecule has 0 bridgehead atoms. The third kappa shape index (κ3) is 4.21. The maximum Gasteiger partial charge on any atom is 0.226 e. The second-order valence-electron chi connectivity index (χ2n) is 6.57. The van der Waals surface area contributed by atoms with Gasteiger partial charge < -0.3 is 9.42 Å². The summed E-state index contributed by atoms with van der Waals surface area (Å²) in [4.78, 5) is 18.8. The number of amides is 1. The average Bonchev–Trinajstić information content (AvgIpc) is 3.16. The molecular weight excluding hydrogens is 306 g/mol. The summed E-state index contributed by atoms with van der Waals surface area (Å²) >= 11 is 0. The van der Waals surface area contributed by atoms with Crippen LogP contribution in [0.3, 0.4) is 0 Å². The Bertz CT molecular complexity index is 678. The number of carbonyl (C=O) groups excluding carboxylic acids is 1. The highest BCUT2D eigenvalue weighted by molar-refractivity contribution is 5.76. The van der Waals surface area contributed by atoms with Gasteiger partial charge in [0.2, 0.25) is 11.8 Å². The SMILES string of the molecule is Cc1cnn(C[C@H]2CCCCN2C(=O)CCCc2nc(C)no2)c1. The fourth-order valence-corrected chi connectivity index (χ4v) is 3.28. The first-order valence-corrected chi connectivity index (χ1v) is 8.69. The van der Waals surface area contributed by atoms with Crippen molar-refractivity contribution in [3.8, 4) is 0 Å². The first kappa shape index (κ1) is 16.7. The number of carbonyl (C=O) groups is 1. The van der Waals surface area contributed by atoms with Gasteiger partial charge in [0.25, 0.3) is 0 Å². The van der Waals surface area contributed by atoms with E-state index < -0.39 is 0 Å². The number of rotatable bonds is 6. The van der Waals surface area contributed by atoms with E-state index in [0.717, 1.165) is 37.9 Å². The molecule has 0 N–H and O–H groups in total. The summed E-state index contributed by atoms with van der Waals surface area (Å²) in [6.07, 6.45) is 9.13. The lowest BCUT2D eigenvalue weighted by atomic mass is 10.0. The Labute approximate surface area is 142 Å². The second kappa shape index (κ2) is 7.59. The maximum atomic E-state index is 12.6. The molecule has 1 aliphatic rings. The average molecular weight is 331 g/mol. The molecule has 3 heterocycles. The summed E-state index contributed by atoms with van der Waals surface area (Å²) in [6.45, 7) is 5.46. The standard InChI is InChI=1S/C17H25N5O2/c1-13-10-18-21(11-13)12-15-6-3-4-9-22(15)17(23)8-5-7-16-19-14(2)20-24-16/h10-11,15H,3-9,12H2,1-2H3/t15-/m1/s1. The zero-order valence-electron chi connectivity index (χ0n) is 14.4. The lowest BCUT2D eigenvalue weighted by Gasteiger charge is -2.36. The van der Waals surface area contributed by atoms with Gasteiger partial charge in [0.15, 0.2) is 5.82 Å². The van der Waals surface area contributed by atoms with Gasteiger partial charge in [0.1, 0.15) is 0 Å². The highest BCUT2D eigenvalue weighted by Crippen LogP contribution is 2.20. The third-order valence-corrected chi connectivity index (χ3v) is 4.46. The highest BCUT2D eigenvalue weighted by atomic mass is 16.5. The molecule has 0 aromatic carbocycles. The molecule has 1 saturated heterocycles. The molecular formula is C17H25N5O2. The normalized spacial score (nSPS) is 18.1. The number of aromatic nitrogens is 4. The fourth-order valence-electron chi connectivity index (χ4n) is 3.28.